The lowest BCUT2D eigenvalue weighted by atomic mass is 10.1. The molecule has 2 N–H and O–H groups in total. The van der Waals surface area contributed by atoms with E-state index in [1.54, 1.807) is 0 Å². The third kappa shape index (κ3) is 7.74. The minimum Gasteiger partial charge on any atom is -0.490 e. The Bertz CT molecular complexity index is 630. The molecule has 1 heterocycles. The van der Waals surface area contributed by atoms with Gasteiger partial charge in [-0.15, -0.1) is 0 Å². The molecule has 1 atom stereocenters. The van der Waals surface area contributed by atoms with E-state index in [2.05, 4.69) is 51.5 Å². The molecule has 1 aromatic carbocycles. The molecule has 0 radical (unpaired) electrons. The smallest absolute Gasteiger partial charge is 0.191 e. The van der Waals surface area contributed by atoms with Crippen LogP contribution in [0, 0.1) is 0 Å². The molecule has 7 heteroatoms. The molecule has 2 rings (SSSR count). The van der Waals surface area contributed by atoms with E-state index in [0.29, 0.717) is 19.3 Å². The highest BCUT2D eigenvalue weighted by Gasteiger charge is 2.19. The number of aliphatic imine (C=N–C) groups is 1. The summed E-state index contributed by atoms with van der Waals surface area (Å²) in [6.07, 6.45) is 0.890. The maximum Gasteiger partial charge on any atom is 0.191 e. The van der Waals surface area contributed by atoms with Gasteiger partial charge in [0.15, 0.2) is 17.5 Å². The molecule has 0 saturated carbocycles. The van der Waals surface area contributed by atoms with E-state index in [0.717, 1.165) is 63.1 Å². The summed E-state index contributed by atoms with van der Waals surface area (Å²) in [6.45, 7) is 13.8. The van der Waals surface area contributed by atoms with Gasteiger partial charge in [-0.1, -0.05) is 6.07 Å². The third-order valence-electron chi connectivity index (χ3n) is 5.26. The Balaban J connectivity index is 1.77. The first-order chi connectivity index (χ1) is 14.1. The standard InChI is InChI=1S/C22H39N5O2/c1-6-28-20-9-8-19(16-21(20)29-7-2)10-11-24-22(23-4)25-17-18(3)27-14-12-26(5)13-15-27/h8-9,16,18H,6-7,10-15,17H2,1-5H3,(H2,23,24,25). The van der Waals surface area contributed by atoms with Crippen LogP contribution in [-0.4, -0.2) is 88.4 Å². The SMILES string of the molecule is CCOc1ccc(CCNC(=NC)NCC(C)N2CCN(C)CC2)cc1OCC. The van der Waals surface area contributed by atoms with Crippen LogP contribution < -0.4 is 20.1 Å². The molecule has 0 amide bonds. The molecule has 1 aliphatic rings. The number of nitrogens with zero attached hydrogens (tertiary/aromatic N) is 3. The molecule has 0 aliphatic carbocycles. The number of hydrogen-bond donors (Lipinski definition) is 2. The zero-order chi connectivity index (χ0) is 21.1. The van der Waals surface area contributed by atoms with Crippen molar-refractivity contribution >= 4 is 5.96 Å². The molecule has 29 heavy (non-hydrogen) atoms. The number of benzene rings is 1. The zero-order valence-corrected chi connectivity index (χ0v) is 18.8. The second-order valence-corrected chi connectivity index (χ2v) is 7.47. The summed E-state index contributed by atoms with van der Waals surface area (Å²) in [7, 11) is 4.01. The number of likely N-dealkylation sites (N-methyl/N-ethyl adjacent to an activating group) is 1. The van der Waals surface area contributed by atoms with Gasteiger partial charge >= 0.3 is 0 Å². The molecule has 1 fully saturated rings. The number of hydrogen-bond acceptors (Lipinski definition) is 5. The van der Waals surface area contributed by atoms with Gasteiger partial charge in [-0.3, -0.25) is 9.89 Å². The van der Waals surface area contributed by atoms with Gasteiger partial charge in [0.05, 0.1) is 13.2 Å². The van der Waals surface area contributed by atoms with E-state index >= 15 is 0 Å². The summed E-state index contributed by atoms with van der Waals surface area (Å²) in [4.78, 5) is 9.28. The van der Waals surface area contributed by atoms with E-state index in [1.165, 1.54) is 5.56 Å². The molecule has 1 aromatic rings. The number of nitrogens with one attached hydrogen (secondary N) is 2. The van der Waals surface area contributed by atoms with Crippen LogP contribution in [-0.2, 0) is 6.42 Å². The summed E-state index contributed by atoms with van der Waals surface area (Å²) in [5.74, 6) is 2.47. The Morgan fingerprint density at radius 1 is 1.07 bits per heavy atom. The van der Waals surface area contributed by atoms with Crippen LogP contribution in [0.15, 0.2) is 23.2 Å². The number of piperazine rings is 1. The fourth-order valence-corrected chi connectivity index (χ4v) is 3.43. The Hall–Kier alpha value is -1.99. The first kappa shape index (κ1) is 23.3. The largest absolute Gasteiger partial charge is 0.490 e. The topological polar surface area (TPSA) is 61.4 Å². The summed E-state index contributed by atoms with van der Waals surface area (Å²) < 4.78 is 11.4. The van der Waals surface area contributed by atoms with Gasteiger partial charge in [0.25, 0.3) is 0 Å². The molecule has 0 bridgehead atoms. The summed E-state index contributed by atoms with van der Waals surface area (Å²) in [6, 6.07) is 6.65. The Morgan fingerprint density at radius 2 is 1.76 bits per heavy atom. The molecule has 1 aliphatic heterocycles. The van der Waals surface area contributed by atoms with Gasteiger partial charge < -0.3 is 25.0 Å². The van der Waals surface area contributed by atoms with Gasteiger partial charge in [-0.2, -0.15) is 0 Å². The van der Waals surface area contributed by atoms with Crippen LogP contribution in [0.25, 0.3) is 0 Å². The Kier molecular flexibility index (Phi) is 10.1. The van der Waals surface area contributed by atoms with E-state index in [9.17, 15) is 0 Å². The first-order valence-corrected chi connectivity index (χ1v) is 10.8. The van der Waals surface area contributed by atoms with Gasteiger partial charge in [0.1, 0.15) is 0 Å². The van der Waals surface area contributed by atoms with Crippen LogP contribution in [0.1, 0.15) is 26.3 Å². The van der Waals surface area contributed by atoms with Crippen LogP contribution in [0.5, 0.6) is 11.5 Å². The van der Waals surface area contributed by atoms with E-state index in [-0.39, 0.29) is 0 Å². The van der Waals surface area contributed by atoms with Crippen molar-refractivity contribution < 1.29 is 9.47 Å². The van der Waals surface area contributed by atoms with Gasteiger partial charge in [-0.05, 0) is 51.9 Å². The van der Waals surface area contributed by atoms with Gasteiger partial charge in [0, 0.05) is 52.4 Å². The van der Waals surface area contributed by atoms with Crippen molar-refractivity contribution in [1.82, 2.24) is 20.4 Å². The van der Waals surface area contributed by atoms with Gasteiger partial charge in [0.2, 0.25) is 0 Å². The van der Waals surface area contributed by atoms with Crippen LogP contribution in [0.4, 0.5) is 0 Å². The molecule has 0 spiro atoms. The van der Waals surface area contributed by atoms with Crippen molar-refractivity contribution in [3.05, 3.63) is 23.8 Å². The first-order valence-electron chi connectivity index (χ1n) is 10.8. The lowest BCUT2D eigenvalue weighted by molar-refractivity contribution is 0.120. The molecular weight excluding hydrogens is 366 g/mol. The normalized spacial score (nSPS) is 17.1. The van der Waals surface area contributed by atoms with Crippen molar-refractivity contribution in [2.75, 3.05) is 66.6 Å². The van der Waals surface area contributed by atoms with Crippen LogP contribution in [0.2, 0.25) is 0 Å². The third-order valence-corrected chi connectivity index (χ3v) is 5.26. The highest BCUT2D eigenvalue weighted by atomic mass is 16.5. The van der Waals surface area contributed by atoms with E-state index in [4.69, 9.17) is 9.47 Å². The lowest BCUT2D eigenvalue weighted by Crippen LogP contribution is -2.52. The lowest BCUT2D eigenvalue weighted by Gasteiger charge is -2.36. The second kappa shape index (κ2) is 12.5. The molecular formula is C22H39N5O2. The number of ether oxygens (including phenoxy) is 2. The summed E-state index contributed by atoms with van der Waals surface area (Å²) >= 11 is 0. The molecule has 1 saturated heterocycles. The fraction of sp³-hybridized carbons (Fsp3) is 0.682. The number of guanidine groups is 1. The molecule has 164 valence electrons. The maximum atomic E-state index is 5.72. The van der Waals surface area contributed by atoms with E-state index < -0.39 is 0 Å². The van der Waals surface area contributed by atoms with Gasteiger partial charge in [-0.25, -0.2) is 0 Å². The van der Waals surface area contributed by atoms with Crippen molar-refractivity contribution in [3.63, 3.8) is 0 Å². The summed E-state index contributed by atoms with van der Waals surface area (Å²) in [5.41, 5.74) is 1.21. The quantitative estimate of drug-likeness (QED) is 0.457. The fourth-order valence-electron chi connectivity index (χ4n) is 3.43. The summed E-state index contributed by atoms with van der Waals surface area (Å²) in [5, 5.41) is 6.87. The average Bonchev–Trinajstić information content (AvgIpc) is 2.73. The Labute approximate surface area is 176 Å². The highest BCUT2D eigenvalue weighted by Crippen LogP contribution is 2.28. The Morgan fingerprint density at radius 3 is 2.41 bits per heavy atom. The van der Waals surface area contributed by atoms with Crippen molar-refractivity contribution in [2.45, 2.75) is 33.2 Å². The maximum absolute atomic E-state index is 5.72. The van der Waals surface area contributed by atoms with Crippen molar-refractivity contribution in [3.8, 4) is 11.5 Å². The minimum atomic E-state index is 0.488. The van der Waals surface area contributed by atoms with E-state index in [1.807, 2.05) is 27.0 Å². The highest BCUT2D eigenvalue weighted by molar-refractivity contribution is 5.79. The zero-order valence-electron chi connectivity index (χ0n) is 18.8. The predicted molar refractivity (Wildman–Crippen MR) is 120 cm³/mol. The molecule has 0 aromatic heterocycles. The van der Waals surface area contributed by atoms with Crippen LogP contribution in [0.3, 0.4) is 0 Å². The molecule has 1 unspecified atom stereocenters. The average molecular weight is 406 g/mol. The van der Waals surface area contributed by atoms with Crippen LogP contribution >= 0.6 is 0 Å². The van der Waals surface area contributed by atoms with Crippen molar-refractivity contribution in [2.24, 2.45) is 4.99 Å². The predicted octanol–water partition coefficient (Wildman–Crippen LogP) is 1.83. The minimum absolute atomic E-state index is 0.488. The monoisotopic (exact) mass is 405 g/mol. The number of rotatable bonds is 10. The van der Waals surface area contributed by atoms with Crippen molar-refractivity contribution in [1.29, 1.82) is 0 Å². The molecule has 7 nitrogen and oxygen atoms in total. The second-order valence-electron chi connectivity index (χ2n) is 7.47.